The van der Waals surface area contributed by atoms with E-state index in [1.54, 1.807) is 24.3 Å². The van der Waals surface area contributed by atoms with Crippen molar-refractivity contribution in [1.82, 2.24) is 18.3 Å². The summed E-state index contributed by atoms with van der Waals surface area (Å²) in [5, 5.41) is 8.40. The minimum Gasteiger partial charge on any atom is -0.313 e. The number of allylic oxidation sites excluding steroid dienone is 1. The lowest BCUT2D eigenvalue weighted by Gasteiger charge is -2.20. The second kappa shape index (κ2) is 14.3. The molecule has 0 fully saturated rings. The molecule has 0 spiro atoms. The number of rotatable bonds is 6. The van der Waals surface area contributed by atoms with E-state index in [2.05, 4.69) is 188 Å². The number of benzene rings is 9. The molecule has 0 N–H and O–H groups in total. The second-order valence-electron chi connectivity index (χ2n) is 17.6. The largest absolute Gasteiger partial charge is 0.313 e. The molecule has 0 aliphatic heterocycles. The molecule has 0 bridgehead atoms. The van der Waals surface area contributed by atoms with Gasteiger partial charge in [-0.3, -0.25) is 0 Å². The first-order chi connectivity index (χ1) is 33.0. The Morgan fingerprint density at radius 1 is 0.313 bits per heavy atom. The van der Waals surface area contributed by atoms with Gasteiger partial charge in [0.1, 0.15) is 0 Å². The van der Waals surface area contributed by atoms with Crippen molar-refractivity contribution in [2.45, 2.75) is 22.6 Å². The van der Waals surface area contributed by atoms with E-state index in [0.717, 1.165) is 57.2 Å². The summed E-state index contributed by atoms with van der Waals surface area (Å²) >= 11 is 0. The highest BCUT2D eigenvalue weighted by Gasteiger charge is 2.25. The highest BCUT2D eigenvalue weighted by atomic mass is 32.2. The van der Waals surface area contributed by atoms with Gasteiger partial charge in [0, 0.05) is 71.7 Å². The van der Waals surface area contributed by atoms with Crippen LogP contribution in [0.2, 0.25) is 0 Å². The van der Waals surface area contributed by atoms with Gasteiger partial charge in [0.2, 0.25) is 9.84 Å². The molecule has 0 amide bonds. The van der Waals surface area contributed by atoms with Gasteiger partial charge < -0.3 is 18.3 Å². The van der Waals surface area contributed by atoms with E-state index in [4.69, 9.17) is 0 Å². The van der Waals surface area contributed by atoms with Crippen molar-refractivity contribution < 1.29 is 8.42 Å². The summed E-state index contributed by atoms with van der Waals surface area (Å²) in [4.78, 5) is 0.516. The Bertz CT molecular complexity index is 4230. The van der Waals surface area contributed by atoms with Crippen molar-refractivity contribution >= 4 is 97.9 Å². The molecular formula is C60H40N4O2S. The van der Waals surface area contributed by atoms with Crippen LogP contribution < -0.4 is 0 Å². The Kier molecular flexibility index (Phi) is 8.10. The maximum Gasteiger partial charge on any atom is 0.206 e. The van der Waals surface area contributed by atoms with E-state index in [-0.39, 0.29) is 9.79 Å². The fourth-order valence-electron chi connectivity index (χ4n) is 11.2. The summed E-state index contributed by atoms with van der Waals surface area (Å²) in [6.45, 7) is 0. The van der Waals surface area contributed by atoms with E-state index >= 15 is 0 Å². The summed E-state index contributed by atoms with van der Waals surface area (Å²) in [6.07, 6.45) is 4.08. The normalized spacial score (nSPS) is 13.2. The van der Waals surface area contributed by atoms with Gasteiger partial charge in [0.15, 0.2) is 0 Å². The molecule has 4 heterocycles. The third-order valence-electron chi connectivity index (χ3n) is 14.1. The van der Waals surface area contributed by atoms with E-state index in [1.807, 2.05) is 24.3 Å². The van der Waals surface area contributed by atoms with Gasteiger partial charge in [0.25, 0.3) is 0 Å². The number of fused-ring (bicyclic) bond motifs is 12. The third kappa shape index (κ3) is 5.52. The zero-order chi connectivity index (χ0) is 44.4. The average molecular weight is 881 g/mol. The smallest absolute Gasteiger partial charge is 0.206 e. The van der Waals surface area contributed by atoms with E-state index in [0.29, 0.717) is 0 Å². The Balaban J connectivity index is 0.809. The SMILES string of the molecule is O=S(=O)(c1ccc(-n2c3c(c4ccccc42)C=C(n2c4ccccc4c4ccccc42)CC3)cc1)c1ccc(-n2c3ccccc3c3cc(-n4c5ccccc5c5ccccc54)ccc32)cc1. The van der Waals surface area contributed by atoms with Crippen LogP contribution in [0, 0.1) is 0 Å². The highest BCUT2D eigenvalue weighted by Crippen LogP contribution is 2.42. The van der Waals surface area contributed by atoms with Gasteiger partial charge in [-0.15, -0.1) is 0 Å². The number of sulfone groups is 1. The fourth-order valence-corrected chi connectivity index (χ4v) is 12.4. The summed E-state index contributed by atoms with van der Waals surface area (Å²) in [5.74, 6) is 0. The first kappa shape index (κ1) is 37.9. The molecule has 9 aromatic carbocycles. The third-order valence-corrected chi connectivity index (χ3v) is 15.9. The molecule has 0 saturated carbocycles. The van der Waals surface area contributed by atoms with Crippen molar-refractivity contribution in [1.29, 1.82) is 0 Å². The molecule has 7 heteroatoms. The lowest BCUT2D eigenvalue weighted by atomic mass is 9.99. The Labute approximate surface area is 386 Å². The molecule has 67 heavy (non-hydrogen) atoms. The van der Waals surface area contributed by atoms with Crippen LogP contribution in [-0.4, -0.2) is 26.7 Å². The Morgan fingerprint density at radius 2 is 0.672 bits per heavy atom. The van der Waals surface area contributed by atoms with Crippen LogP contribution in [0.25, 0.3) is 105 Å². The summed E-state index contributed by atoms with van der Waals surface area (Å²) in [6, 6.07) is 72.8. The molecule has 0 unspecified atom stereocenters. The van der Waals surface area contributed by atoms with Gasteiger partial charge >= 0.3 is 0 Å². The summed E-state index contributed by atoms with van der Waals surface area (Å²) < 4.78 is 38.0. The van der Waals surface area contributed by atoms with Gasteiger partial charge in [-0.25, -0.2) is 8.42 Å². The molecule has 0 saturated heterocycles. The van der Waals surface area contributed by atoms with E-state index in [1.165, 1.54) is 66.0 Å². The number of para-hydroxylation sites is 6. The first-order valence-electron chi connectivity index (χ1n) is 22.8. The molecule has 14 rings (SSSR count). The maximum atomic E-state index is 14.3. The van der Waals surface area contributed by atoms with Crippen LogP contribution in [0.5, 0.6) is 0 Å². The van der Waals surface area contributed by atoms with Crippen LogP contribution >= 0.6 is 0 Å². The zero-order valence-electron chi connectivity index (χ0n) is 36.2. The number of hydrogen-bond donors (Lipinski definition) is 0. The summed E-state index contributed by atoms with van der Waals surface area (Å²) in [7, 11) is -3.82. The van der Waals surface area contributed by atoms with Gasteiger partial charge in [-0.2, -0.15) is 0 Å². The van der Waals surface area contributed by atoms with Crippen LogP contribution in [0.1, 0.15) is 17.7 Å². The lowest BCUT2D eigenvalue weighted by Crippen LogP contribution is -2.08. The van der Waals surface area contributed by atoms with Gasteiger partial charge in [0.05, 0.1) is 48.4 Å². The number of hydrogen-bond acceptors (Lipinski definition) is 2. The average Bonchev–Trinajstić information content (AvgIpc) is 4.11. The van der Waals surface area contributed by atoms with Crippen molar-refractivity contribution in [3.8, 4) is 17.1 Å². The fraction of sp³-hybridized carbons (Fsp3) is 0.0333. The van der Waals surface area contributed by atoms with Gasteiger partial charge in [-0.1, -0.05) is 109 Å². The molecule has 4 aromatic heterocycles. The van der Waals surface area contributed by atoms with Crippen molar-refractivity contribution in [3.63, 3.8) is 0 Å². The predicted octanol–water partition coefficient (Wildman–Crippen LogP) is 14.7. The van der Waals surface area contributed by atoms with Crippen LogP contribution in [-0.2, 0) is 16.3 Å². The highest BCUT2D eigenvalue weighted by molar-refractivity contribution is 7.91. The number of aromatic nitrogens is 4. The molecule has 13 aromatic rings. The molecule has 318 valence electrons. The molecule has 6 nitrogen and oxygen atoms in total. The minimum atomic E-state index is -3.82. The first-order valence-corrected chi connectivity index (χ1v) is 24.3. The molecule has 0 radical (unpaired) electrons. The van der Waals surface area contributed by atoms with Crippen LogP contribution in [0.15, 0.2) is 222 Å². The Morgan fingerprint density at radius 3 is 1.16 bits per heavy atom. The zero-order valence-corrected chi connectivity index (χ0v) is 37.0. The molecule has 1 aliphatic rings. The standard InChI is InChI=1S/C60H40N4O2S/c65-67(66,43-31-25-39(26-32-43)61-57-23-11-5-17-49(57)51-37-41(29-35-59(51)61)63-53-19-7-1-13-45(53)46-14-2-8-20-54(46)63)44-33-27-40(28-34-44)62-58-24-12-6-18-50(58)52-38-42(30-36-60(52)62)64-55-21-9-3-15-47(55)48-16-4-10-22-56(48)64/h1-29,31-35,37-38H,30,36H2. The summed E-state index contributed by atoms with van der Waals surface area (Å²) in [5.41, 5.74) is 14.6. The van der Waals surface area contributed by atoms with Gasteiger partial charge in [-0.05, 0) is 122 Å². The second-order valence-corrected chi connectivity index (χ2v) is 19.6. The maximum absolute atomic E-state index is 14.3. The Hall–Kier alpha value is -8.39. The van der Waals surface area contributed by atoms with Crippen LogP contribution in [0.3, 0.4) is 0 Å². The predicted molar refractivity (Wildman–Crippen MR) is 276 cm³/mol. The van der Waals surface area contributed by atoms with Crippen molar-refractivity contribution in [3.05, 3.63) is 224 Å². The van der Waals surface area contributed by atoms with E-state index in [9.17, 15) is 8.42 Å². The molecule has 1 aliphatic carbocycles. The minimum absolute atomic E-state index is 0.255. The quantitative estimate of drug-likeness (QED) is 0.167. The van der Waals surface area contributed by atoms with Crippen molar-refractivity contribution in [2.75, 3.05) is 0 Å². The lowest BCUT2D eigenvalue weighted by molar-refractivity contribution is 0.596. The van der Waals surface area contributed by atoms with E-state index < -0.39 is 9.84 Å². The topological polar surface area (TPSA) is 53.9 Å². The molecule has 0 atom stereocenters. The number of nitrogens with zero attached hydrogens (tertiary/aromatic N) is 4. The van der Waals surface area contributed by atoms with Crippen molar-refractivity contribution in [2.24, 2.45) is 0 Å². The van der Waals surface area contributed by atoms with Crippen LogP contribution in [0.4, 0.5) is 0 Å². The molecular weight excluding hydrogens is 841 g/mol. The monoisotopic (exact) mass is 880 g/mol.